The normalized spacial score (nSPS) is 16.3. The molecule has 4 heteroatoms. The van der Waals surface area contributed by atoms with Gasteiger partial charge in [0.15, 0.2) is 0 Å². The van der Waals surface area contributed by atoms with Crippen molar-refractivity contribution in [2.45, 2.75) is 25.8 Å². The van der Waals surface area contributed by atoms with Gasteiger partial charge in [-0.3, -0.25) is 4.79 Å². The van der Waals surface area contributed by atoms with E-state index in [0.717, 1.165) is 24.2 Å². The van der Waals surface area contributed by atoms with Gasteiger partial charge in [0, 0.05) is 18.3 Å². The van der Waals surface area contributed by atoms with Crippen molar-refractivity contribution in [1.82, 2.24) is 0 Å². The van der Waals surface area contributed by atoms with Gasteiger partial charge in [-0.1, -0.05) is 6.07 Å². The maximum atomic E-state index is 11.0. The van der Waals surface area contributed by atoms with E-state index in [1.165, 1.54) is 18.1 Å². The van der Waals surface area contributed by atoms with Crippen LogP contribution >= 0.6 is 0 Å². The van der Waals surface area contributed by atoms with E-state index < -0.39 is 0 Å². The minimum atomic E-state index is -0.0692. The van der Waals surface area contributed by atoms with E-state index in [1.54, 1.807) is 6.07 Å². The Labute approximate surface area is 123 Å². The number of carbonyl (C=O) groups excluding carboxylic acids is 1. The second kappa shape index (κ2) is 5.48. The summed E-state index contributed by atoms with van der Waals surface area (Å²) in [6.45, 7) is 1.50. The molecule has 0 saturated heterocycles. The molecule has 1 aliphatic carbocycles. The van der Waals surface area contributed by atoms with Gasteiger partial charge in [0.2, 0.25) is 5.91 Å². The molecule has 3 rings (SSSR count). The van der Waals surface area contributed by atoms with Crippen LogP contribution in [-0.2, 0) is 11.2 Å². The van der Waals surface area contributed by atoms with Crippen molar-refractivity contribution in [2.24, 2.45) is 0 Å². The Hall–Kier alpha value is -2.49. The molecule has 2 aromatic rings. The number of rotatable bonds is 3. The Balaban J connectivity index is 1.72. The lowest BCUT2D eigenvalue weighted by atomic mass is 10.1. The van der Waals surface area contributed by atoms with Gasteiger partial charge in [-0.05, 0) is 60.4 Å². The first-order valence-corrected chi connectivity index (χ1v) is 7.08. The Bertz CT molecular complexity index is 665. The molecule has 4 nitrogen and oxygen atoms in total. The van der Waals surface area contributed by atoms with Crippen LogP contribution < -0.4 is 10.6 Å². The summed E-state index contributed by atoms with van der Waals surface area (Å²) in [6, 6.07) is 13.5. The summed E-state index contributed by atoms with van der Waals surface area (Å²) in [7, 11) is 0. The van der Waals surface area contributed by atoms with Crippen LogP contribution in [0, 0.1) is 0 Å². The molecule has 3 N–H and O–H groups in total. The predicted molar refractivity (Wildman–Crippen MR) is 83.5 cm³/mol. The van der Waals surface area contributed by atoms with E-state index >= 15 is 0 Å². The summed E-state index contributed by atoms with van der Waals surface area (Å²) >= 11 is 0. The Morgan fingerprint density at radius 2 is 1.86 bits per heavy atom. The van der Waals surface area contributed by atoms with Gasteiger partial charge in [-0.25, -0.2) is 0 Å². The summed E-state index contributed by atoms with van der Waals surface area (Å²) in [5, 5.41) is 15.8. The summed E-state index contributed by atoms with van der Waals surface area (Å²) in [5.74, 6) is 0.259. The molecule has 108 valence electrons. The Morgan fingerprint density at radius 1 is 1.14 bits per heavy atom. The average Bonchev–Trinajstić information content (AvgIpc) is 2.83. The van der Waals surface area contributed by atoms with E-state index in [0.29, 0.717) is 5.75 Å². The van der Waals surface area contributed by atoms with Crippen LogP contribution in [0.2, 0.25) is 0 Å². The number of anilines is 2. The minimum Gasteiger partial charge on any atom is -0.508 e. The lowest BCUT2D eigenvalue weighted by Gasteiger charge is -2.16. The number of carbonyl (C=O) groups is 1. The highest BCUT2D eigenvalue weighted by Gasteiger charge is 2.22. The molecule has 1 amide bonds. The summed E-state index contributed by atoms with van der Waals surface area (Å²) in [5.41, 5.74) is 4.28. The molecule has 0 fully saturated rings. The van der Waals surface area contributed by atoms with E-state index in [1.807, 2.05) is 36.4 Å². The highest BCUT2D eigenvalue weighted by Crippen LogP contribution is 2.35. The Kier molecular flexibility index (Phi) is 3.52. The molecule has 1 atom stereocenters. The molecule has 21 heavy (non-hydrogen) atoms. The second-order valence-corrected chi connectivity index (χ2v) is 5.38. The Morgan fingerprint density at radius 3 is 2.57 bits per heavy atom. The largest absolute Gasteiger partial charge is 0.508 e. The first-order chi connectivity index (χ1) is 10.1. The lowest BCUT2D eigenvalue weighted by Crippen LogP contribution is -2.08. The zero-order chi connectivity index (χ0) is 14.8. The van der Waals surface area contributed by atoms with Crippen LogP contribution in [0.15, 0.2) is 42.5 Å². The number of phenolic OH excluding ortho intramolecular Hbond substituents is 1. The first-order valence-electron chi connectivity index (χ1n) is 7.08. The number of amides is 1. The van der Waals surface area contributed by atoms with E-state index in [-0.39, 0.29) is 11.9 Å². The molecule has 0 saturated carbocycles. The molecule has 0 heterocycles. The second-order valence-electron chi connectivity index (χ2n) is 5.38. The molecular formula is C17H18N2O2. The van der Waals surface area contributed by atoms with Gasteiger partial charge in [0.25, 0.3) is 0 Å². The molecular weight excluding hydrogens is 264 g/mol. The fourth-order valence-electron chi connectivity index (χ4n) is 2.81. The van der Waals surface area contributed by atoms with Gasteiger partial charge in [0.05, 0.1) is 6.04 Å². The van der Waals surface area contributed by atoms with Gasteiger partial charge in [-0.15, -0.1) is 0 Å². The third-order valence-electron chi connectivity index (χ3n) is 3.75. The van der Waals surface area contributed by atoms with Crippen molar-refractivity contribution in [3.63, 3.8) is 0 Å². The average molecular weight is 282 g/mol. The number of phenols is 1. The number of hydrogen-bond donors (Lipinski definition) is 3. The quantitative estimate of drug-likeness (QED) is 0.808. The zero-order valence-electron chi connectivity index (χ0n) is 11.9. The number of fused-ring (bicyclic) bond motifs is 1. The van der Waals surface area contributed by atoms with Crippen molar-refractivity contribution in [1.29, 1.82) is 0 Å². The lowest BCUT2D eigenvalue weighted by molar-refractivity contribution is -0.114. The van der Waals surface area contributed by atoms with Gasteiger partial charge < -0.3 is 15.7 Å². The van der Waals surface area contributed by atoms with Crippen molar-refractivity contribution in [2.75, 3.05) is 10.6 Å². The molecule has 1 unspecified atom stereocenters. The third-order valence-corrected chi connectivity index (χ3v) is 3.75. The van der Waals surface area contributed by atoms with Crippen LogP contribution in [-0.4, -0.2) is 11.0 Å². The SMILES string of the molecule is CC(=O)Nc1ccc(NC2CCc3cc(O)ccc32)cc1. The van der Waals surface area contributed by atoms with Crippen molar-refractivity contribution < 1.29 is 9.90 Å². The molecule has 1 aliphatic rings. The van der Waals surface area contributed by atoms with Gasteiger partial charge in [0.1, 0.15) is 5.75 Å². The smallest absolute Gasteiger partial charge is 0.221 e. The van der Waals surface area contributed by atoms with Crippen molar-refractivity contribution >= 4 is 17.3 Å². The highest BCUT2D eigenvalue weighted by molar-refractivity contribution is 5.88. The van der Waals surface area contributed by atoms with Crippen molar-refractivity contribution in [3.8, 4) is 5.75 Å². The van der Waals surface area contributed by atoms with E-state index in [4.69, 9.17) is 0 Å². The fraction of sp³-hybridized carbons (Fsp3) is 0.235. The van der Waals surface area contributed by atoms with Crippen LogP contribution in [0.25, 0.3) is 0 Å². The molecule has 2 aromatic carbocycles. The summed E-state index contributed by atoms with van der Waals surface area (Å²) < 4.78 is 0. The van der Waals surface area contributed by atoms with Gasteiger partial charge >= 0.3 is 0 Å². The number of aromatic hydroxyl groups is 1. The molecule has 0 bridgehead atoms. The zero-order valence-corrected chi connectivity index (χ0v) is 11.9. The predicted octanol–water partition coefficient (Wildman–Crippen LogP) is 3.45. The number of nitrogens with one attached hydrogen (secondary N) is 2. The van der Waals surface area contributed by atoms with E-state index in [2.05, 4.69) is 10.6 Å². The molecule has 0 spiro atoms. The third kappa shape index (κ3) is 2.99. The summed E-state index contributed by atoms with van der Waals surface area (Å²) in [6.07, 6.45) is 2.00. The standard InChI is InChI=1S/C17H18N2O2/c1-11(20)18-13-3-5-14(6-4-13)19-17-9-2-12-10-15(21)7-8-16(12)17/h3-8,10,17,19,21H,2,9H2,1H3,(H,18,20). The van der Waals surface area contributed by atoms with Crippen LogP contribution in [0.5, 0.6) is 5.75 Å². The molecule has 0 aromatic heterocycles. The maximum Gasteiger partial charge on any atom is 0.221 e. The minimum absolute atomic E-state index is 0.0692. The maximum absolute atomic E-state index is 11.0. The van der Waals surface area contributed by atoms with Gasteiger partial charge in [-0.2, -0.15) is 0 Å². The highest BCUT2D eigenvalue weighted by atomic mass is 16.3. The first kappa shape index (κ1) is 13.5. The number of hydrogen-bond acceptors (Lipinski definition) is 3. The van der Waals surface area contributed by atoms with Crippen LogP contribution in [0.4, 0.5) is 11.4 Å². The molecule has 0 radical (unpaired) electrons. The number of aryl methyl sites for hydroxylation is 1. The van der Waals surface area contributed by atoms with E-state index in [9.17, 15) is 9.90 Å². The van der Waals surface area contributed by atoms with Crippen LogP contribution in [0.3, 0.4) is 0 Å². The summed E-state index contributed by atoms with van der Waals surface area (Å²) in [4.78, 5) is 11.0. The molecule has 0 aliphatic heterocycles. The monoisotopic (exact) mass is 282 g/mol. The van der Waals surface area contributed by atoms with Crippen molar-refractivity contribution in [3.05, 3.63) is 53.6 Å². The fourth-order valence-corrected chi connectivity index (χ4v) is 2.81. The number of benzene rings is 2. The van der Waals surface area contributed by atoms with Crippen LogP contribution in [0.1, 0.15) is 30.5 Å². The topological polar surface area (TPSA) is 61.4 Å².